The van der Waals surface area contributed by atoms with Crippen LogP contribution in [0, 0.1) is 0 Å². The van der Waals surface area contributed by atoms with Crippen LogP contribution in [-0.2, 0) is 6.42 Å². The number of hydrogen-bond donors (Lipinski definition) is 2. The molecule has 0 saturated heterocycles. The summed E-state index contributed by atoms with van der Waals surface area (Å²) < 4.78 is 3.19. The van der Waals surface area contributed by atoms with Crippen molar-refractivity contribution in [2.75, 3.05) is 11.0 Å². The number of phenols is 1. The van der Waals surface area contributed by atoms with E-state index in [1.165, 1.54) is 17.5 Å². The van der Waals surface area contributed by atoms with Gasteiger partial charge >= 0.3 is 0 Å². The summed E-state index contributed by atoms with van der Waals surface area (Å²) in [5.41, 5.74) is 3.81. The molecule has 0 radical (unpaired) electrons. The van der Waals surface area contributed by atoms with Crippen LogP contribution >= 0.6 is 11.9 Å². The summed E-state index contributed by atoms with van der Waals surface area (Å²) >= 11 is 1.50. The zero-order valence-electron chi connectivity index (χ0n) is 12.7. The summed E-state index contributed by atoms with van der Waals surface area (Å²) in [6.45, 7) is 0. The Morgan fingerprint density at radius 1 is 1.04 bits per heavy atom. The number of aromatic nitrogens is 2. The molecule has 2 aromatic carbocycles. The molecule has 5 heteroatoms. The maximum absolute atomic E-state index is 9.42. The largest absolute Gasteiger partial charge is 0.508 e. The van der Waals surface area contributed by atoms with Crippen LogP contribution < -0.4 is 4.72 Å². The number of benzene rings is 2. The minimum Gasteiger partial charge on any atom is -0.508 e. The van der Waals surface area contributed by atoms with Gasteiger partial charge in [0.2, 0.25) is 0 Å². The van der Waals surface area contributed by atoms with Crippen LogP contribution in [0.15, 0.2) is 60.8 Å². The van der Waals surface area contributed by atoms with Gasteiger partial charge in [-0.25, -0.2) is 9.97 Å². The molecule has 116 valence electrons. The Kier molecular flexibility index (Phi) is 4.78. The van der Waals surface area contributed by atoms with E-state index < -0.39 is 0 Å². The van der Waals surface area contributed by atoms with Gasteiger partial charge in [0.25, 0.3) is 0 Å². The lowest BCUT2D eigenvalue weighted by Crippen LogP contribution is -2.02. The Bertz CT molecular complexity index is 776. The summed E-state index contributed by atoms with van der Waals surface area (Å²) in [6, 6.07) is 17.2. The third-order valence-electron chi connectivity index (χ3n) is 3.42. The van der Waals surface area contributed by atoms with Gasteiger partial charge in [-0.15, -0.1) is 0 Å². The van der Waals surface area contributed by atoms with Gasteiger partial charge in [0.1, 0.15) is 5.75 Å². The minimum atomic E-state index is 0.242. The molecule has 0 atom stereocenters. The van der Waals surface area contributed by atoms with Gasteiger partial charge in [0, 0.05) is 18.2 Å². The average molecular weight is 323 g/mol. The van der Waals surface area contributed by atoms with Gasteiger partial charge in [0.15, 0.2) is 5.82 Å². The average Bonchev–Trinajstić information content (AvgIpc) is 2.58. The van der Waals surface area contributed by atoms with Crippen LogP contribution in [0.25, 0.3) is 11.3 Å². The van der Waals surface area contributed by atoms with Crippen molar-refractivity contribution < 1.29 is 5.11 Å². The molecular weight excluding hydrogens is 306 g/mol. The van der Waals surface area contributed by atoms with E-state index in [1.807, 2.05) is 36.6 Å². The highest BCUT2D eigenvalue weighted by Crippen LogP contribution is 2.24. The van der Waals surface area contributed by atoms with Crippen LogP contribution in [0.3, 0.4) is 0 Å². The van der Waals surface area contributed by atoms with Gasteiger partial charge < -0.3 is 9.83 Å². The molecule has 0 aliphatic rings. The predicted molar refractivity (Wildman–Crippen MR) is 95.5 cm³/mol. The fraction of sp³-hybridized carbons (Fsp3) is 0.111. The van der Waals surface area contributed by atoms with E-state index >= 15 is 0 Å². The molecular formula is C18H17N3OS. The normalized spacial score (nSPS) is 10.5. The van der Waals surface area contributed by atoms with E-state index in [0.717, 1.165) is 22.8 Å². The molecule has 0 fully saturated rings. The van der Waals surface area contributed by atoms with E-state index in [4.69, 9.17) is 4.98 Å². The smallest absolute Gasteiger partial charge is 0.158 e. The van der Waals surface area contributed by atoms with E-state index in [1.54, 1.807) is 18.3 Å². The molecule has 0 saturated carbocycles. The van der Waals surface area contributed by atoms with E-state index in [9.17, 15) is 5.11 Å². The number of anilines is 1. The standard InChI is InChI=1S/C18H17N3OS/c1-23-21-18-16(11-13-5-3-2-4-6-13)20-17(12-19-18)14-7-9-15(22)10-8-14/h2-10,12,22H,11H2,1H3,(H,19,21). The van der Waals surface area contributed by atoms with Gasteiger partial charge in [-0.2, -0.15) is 0 Å². The molecule has 0 aliphatic heterocycles. The zero-order chi connectivity index (χ0) is 16.1. The number of phenolic OH excluding ortho intramolecular Hbond substituents is 1. The lowest BCUT2D eigenvalue weighted by Gasteiger charge is -2.11. The highest BCUT2D eigenvalue weighted by atomic mass is 32.2. The molecule has 1 aromatic heterocycles. The Labute approximate surface area is 139 Å². The predicted octanol–water partition coefficient (Wildman–Crippen LogP) is 4.13. The SMILES string of the molecule is CSNc1ncc(-c2ccc(O)cc2)nc1Cc1ccccc1. The maximum atomic E-state index is 9.42. The first-order chi connectivity index (χ1) is 11.3. The molecule has 3 aromatic rings. The second kappa shape index (κ2) is 7.15. The lowest BCUT2D eigenvalue weighted by molar-refractivity contribution is 0.475. The number of nitrogens with one attached hydrogen (secondary N) is 1. The number of hydrogen-bond acceptors (Lipinski definition) is 5. The number of aromatic hydroxyl groups is 1. The van der Waals surface area contributed by atoms with E-state index in [-0.39, 0.29) is 5.75 Å². The summed E-state index contributed by atoms with van der Waals surface area (Å²) in [5, 5.41) is 9.42. The molecule has 3 rings (SSSR count). The monoisotopic (exact) mass is 323 g/mol. The van der Waals surface area contributed by atoms with Crippen molar-refractivity contribution in [3.8, 4) is 17.0 Å². The summed E-state index contributed by atoms with van der Waals surface area (Å²) in [5.74, 6) is 1.02. The Morgan fingerprint density at radius 3 is 2.48 bits per heavy atom. The fourth-order valence-electron chi connectivity index (χ4n) is 2.29. The third kappa shape index (κ3) is 3.81. The summed E-state index contributed by atoms with van der Waals surface area (Å²) in [4.78, 5) is 9.27. The van der Waals surface area contributed by atoms with Crippen molar-refractivity contribution >= 4 is 17.8 Å². The molecule has 0 amide bonds. The number of nitrogens with zero attached hydrogens (tertiary/aromatic N) is 2. The third-order valence-corrected chi connectivity index (χ3v) is 3.82. The minimum absolute atomic E-state index is 0.242. The molecule has 2 N–H and O–H groups in total. The van der Waals surface area contributed by atoms with Crippen LogP contribution in [-0.4, -0.2) is 21.3 Å². The van der Waals surface area contributed by atoms with E-state index in [0.29, 0.717) is 6.42 Å². The molecule has 4 nitrogen and oxygen atoms in total. The highest BCUT2D eigenvalue weighted by molar-refractivity contribution is 7.99. The van der Waals surface area contributed by atoms with Crippen molar-refractivity contribution in [2.45, 2.75) is 6.42 Å². The first-order valence-electron chi connectivity index (χ1n) is 7.24. The van der Waals surface area contributed by atoms with Crippen LogP contribution in [0.5, 0.6) is 5.75 Å². The fourth-order valence-corrected chi connectivity index (χ4v) is 2.66. The van der Waals surface area contributed by atoms with Gasteiger partial charge in [0.05, 0.1) is 17.6 Å². The quantitative estimate of drug-likeness (QED) is 0.691. The molecule has 23 heavy (non-hydrogen) atoms. The van der Waals surface area contributed by atoms with Crippen molar-refractivity contribution in [3.63, 3.8) is 0 Å². The van der Waals surface area contributed by atoms with Crippen molar-refractivity contribution in [1.29, 1.82) is 0 Å². The van der Waals surface area contributed by atoms with Crippen molar-refractivity contribution in [2.24, 2.45) is 0 Å². The molecule has 0 bridgehead atoms. The van der Waals surface area contributed by atoms with Crippen LogP contribution in [0.2, 0.25) is 0 Å². The van der Waals surface area contributed by atoms with Crippen molar-refractivity contribution in [1.82, 2.24) is 9.97 Å². The molecule has 0 aliphatic carbocycles. The summed E-state index contributed by atoms with van der Waals surface area (Å²) in [7, 11) is 0. The van der Waals surface area contributed by atoms with Crippen molar-refractivity contribution in [3.05, 3.63) is 72.1 Å². The topological polar surface area (TPSA) is 58.0 Å². The van der Waals surface area contributed by atoms with Crippen LogP contribution in [0.4, 0.5) is 5.82 Å². The lowest BCUT2D eigenvalue weighted by atomic mass is 10.1. The Hall–Kier alpha value is -2.53. The second-order valence-corrected chi connectivity index (χ2v) is 5.68. The zero-order valence-corrected chi connectivity index (χ0v) is 13.5. The molecule has 1 heterocycles. The molecule has 0 unspecified atom stereocenters. The van der Waals surface area contributed by atoms with E-state index in [2.05, 4.69) is 21.8 Å². The second-order valence-electron chi connectivity index (χ2n) is 5.07. The van der Waals surface area contributed by atoms with Crippen LogP contribution in [0.1, 0.15) is 11.3 Å². The first kappa shape index (κ1) is 15.4. The highest BCUT2D eigenvalue weighted by Gasteiger charge is 2.10. The Morgan fingerprint density at radius 2 is 1.78 bits per heavy atom. The number of rotatable bonds is 5. The van der Waals surface area contributed by atoms with Gasteiger partial charge in [-0.3, -0.25) is 0 Å². The van der Waals surface area contributed by atoms with Gasteiger partial charge in [-0.05, 0) is 29.8 Å². The Balaban J connectivity index is 1.97. The first-order valence-corrected chi connectivity index (χ1v) is 8.47. The summed E-state index contributed by atoms with van der Waals surface area (Å²) in [6.07, 6.45) is 4.42. The molecule has 0 spiro atoms. The maximum Gasteiger partial charge on any atom is 0.158 e. The van der Waals surface area contributed by atoms with Gasteiger partial charge in [-0.1, -0.05) is 42.3 Å².